The van der Waals surface area contributed by atoms with Crippen LogP contribution >= 0.6 is 11.6 Å². The van der Waals surface area contributed by atoms with Crippen LogP contribution in [0.25, 0.3) is 5.78 Å². The minimum Gasteiger partial charge on any atom is -0.496 e. The molecule has 0 aliphatic heterocycles. The molecule has 2 aromatic heterocycles. The van der Waals surface area contributed by atoms with Crippen LogP contribution in [-0.4, -0.2) is 33.7 Å². The van der Waals surface area contributed by atoms with Crippen LogP contribution in [0.3, 0.4) is 0 Å². The van der Waals surface area contributed by atoms with Gasteiger partial charge in [0.2, 0.25) is 0 Å². The maximum atomic E-state index is 6.09. The van der Waals surface area contributed by atoms with Crippen molar-refractivity contribution in [3.05, 3.63) is 46.9 Å². The molecule has 7 heteroatoms. The third kappa shape index (κ3) is 2.69. The largest absolute Gasteiger partial charge is 0.496 e. The van der Waals surface area contributed by atoms with E-state index >= 15 is 0 Å². The first-order valence-corrected chi connectivity index (χ1v) is 7.17. The number of methoxy groups -OCH3 is 1. The molecule has 0 aliphatic carbocycles. The van der Waals surface area contributed by atoms with Gasteiger partial charge in [-0.3, -0.25) is 0 Å². The summed E-state index contributed by atoms with van der Waals surface area (Å²) in [5, 5.41) is 4.91. The number of benzene rings is 1. The predicted octanol–water partition coefficient (Wildman–Crippen LogP) is 2.73. The van der Waals surface area contributed by atoms with Gasteiger partial charge in [0, 0.05) is 35.9 Å². The normalized spacial score (nSPS) is 10.9. The van der Waals surface area contributed by atoms with E-state index in [9.17, 15) is 0 Å². The highest BCUT2D eigenvalue weighted by molar-refractivity contribution is 6.30. The van der Waals surface area contributed by atoms with Gasteiger partial charge in [-0.1, -0.05) is 11.6 Å². The highest BCUT2D eigenvalue weighted by atomic mass is 35.5. The van der Waals surface area contributed by atoms with Crippen molar-refractivity contribution in [2.45, 2.75) is 13.5 Å². The standard InChI is InChI=1S/C15H16ClN5O/c1-10-6-14(21-15(19-10)17-9-18-21)20(2)8-11-7-12(16)4-5-13(11)22-3/h4-7,9H,8H2,1-3H3. The highest BCUT2D eigenvalue weighted by Gasteiger charge is 2.13. The van der Waals surface area contributed by atoms with Crippen LogP contribution in [0.1, 0.15) is 11.3 Å². The molecule has 3 rings (SSSR count). The van der Waals surface area contributed by atoms with E-state index in [1.54, 1.807) is 11.6 Å². The number of halogens is 1. The van der Waals surface area contributed by atoms with E-state index in [0.717, 1.165) is 22.8 Å². The minimum absolute atomic E-state index is 0.583. The van der Waals surface area contributed by atoms with Gasteiger partial charge >= 0.3 is 0 Å². The van der Waals surface area contributed by atoms with Gasteiger partial charge in [-0.2, -0.15) is 14.6 Å². The van der Waals surface area contributed by atoms with E-state index < -0.39 is 0 Å². The van der Waals surface area contributed by atoms with E-state index in [0.29, 0.717) is 17.3 Å². The Hall–Kier alpha value is -2.34. The molecular formula is C15H16ClN5O. The fraction of sp³-hybridized carbons (Fsp3) is 0.267. The van der Waals surface area contributed by atoms with Crippen LogP contribution < -0.4 is 9.64 Å². The fourth-order valence-corrected chi connectivity index (χ4v) is 2.59. The molecule has 0 unspecified atom stereocenters. The van der Waals surface area contributed by atoms with Gasteiger partial charge in [-0.25, -0.2) is 4.98 Å². The second kappa shape index (κ2) is 5.81. The Kier molecular flexibility index (Phi) is 3.85. The Labute approximate surface area is 133 Å². The number of fused-ring (bicyclic) bond motifs is 1. The SMILES string of the molecule is COc1ccc(Cl)cc1CN(C)c1cc(C)nc2ncnn12. The molecule has 1 aromatic carbocycles. The van der Waals surface area contributed by atoms with Crippen LogP contribution in [0.2, 0.25) is 5.02 Å². The second-order valence-corrected chi connectivity index (χ2v) is 5.48. The Morgan fingerprint density at radius 3 is 2.91 bits per heavy atom. The lowest BCUT2D eigenvalue weighted by Gasteiger charge is -2.21. The molecule has 0 N–H and O–H groups in total. The molecule has 0 aliphatic rings. The van der Waals surface area contributed by atoms with Gasteiger partial charge in [0.15, 0.2) is 0 Å². The third-order valence-electron chi connectivity index (χ3n) is 3.40. The summed E-state index contributed by atoms with van der Waals surface area (Å²) in [6.07, 6.45) is 1.50. The Morgan fingerprint density at radius 2 is 2.14 bits per heavy atom. The summed E-state index contributed by atoms with van der Waals surface area (Å²) < 4.78 is 7.11. The average Bonchev–Trinajstić information content (AvgIpc) is 2.94. The lowest BCUT2D eigenvalue weighted by atomic mass is 10.2. The Balaban J connectivity index is 1.98. The molecular weight excluding hydrogens is 302 g/mol. The number of ether oxygens (including phenoxy) is 1. The summed E-state index contributed by atoms with van der Waals surface area (Å²) in [6.45, 7) is 2.56. The van der Waals surface area contributed by atoms with Crippen molar-refractivity contribution in [1.82, 2.24) is 19.6 Å². The van der Waals surface area contributed by atoms with E-state index in [1.807, 2.05) is 38.2 Å². The maximum Gasteiger partial charge on any atom is 0.254 e. The molecule has 0 saturated carbocycles. The topological polar surface area (TPSA) is 55.5 Å². The zero-order valence-electron chi connectivity index (χ0n) is 12.6. The van der Waals surface area contributed by atoms with Crippen molar-refractivity contribution in [2.24, 2.45) is 0 Å². The summed E-state index contributed by atoms with van der Waals surface area (Å²) in [5.41, 5.74) is 1.89. The first-order chi connectivity index (χ1) is 10.6. The van der Waals surface area contributed by atoms with Crippen molar-refractivity contribution in [1.29, 1.82) is 0 Å². The van der Waals surface area contributed by atoms with Crippen molar-refractivity contribution in [3.8, 4) is 5.75 Å². The summed E-state index contributed by atoms with van der Waals surface area (Å²) in [6, 6.07) is 7.56. The zero-order chi connectivity index (χ0) is 15.7. The minimum atomic E-state index is 0.583. The number of aryl methyl sites for hydroxylation is 1. The van der Waals surface area contributed by atoms with Crippen LogP contribution in [0.15, 0.2) is 30.6 Å². The quantitative estimate of drug-likeness (QED) is 0.740. The van der Waals surface area contributed by atoms with E-state index in [4.69, 9.17) is 16.3 Å². The molecule has 22 heavy (non-hydrogen) atoms. The molecule has 0 radical (unpaired) electrons. The molecule has 0 fully saturated rings. The molecule has 0 spiro atoms. The third-order valence-corrected chi connectivity index (χ3v) is 3.64. The Morgan fingerprint density at radius 1 is 1.32 bits per heavy atom. The van der Waals surface area contributed by atoms with Gasteiger partial charge < -0.3 is 9.64 Å². The van der Waals surface area contributed by atoms with Crippen molar-refractivity contribution < 1.29 is 4.74 Å². The summed E-state index contributed by atoms with van der Waals surface area (Å²) >= 11 is 6.09. The lowest BCUT2D eigenvalue weighted by molar-refractivity contribution is 0.409. The number of hydrogen-bond acceptors (Lipinski definition) is 5. The van der Waals surface area contributed by atoms with Gasteiger partial charge in [0.25, 0.3) is 5.78 Å². The van der Waals surface area contributed by atoms with E-state index in [-0.39, 0.29) is 0 Å². The van der Waals surface area contributed by atoms with Crippen LogP contribution in [0, 0.1) is 6.92 Å². The fourth-order valence-electron chi connectivity index (χ4n) is 2.39. The number of aromatic nitrogens is 4. The number of hydrogen-bond donors (Lipinski definition) is 0. The number of nitrogens with zero attached hydrogens (tertiary/aromatic N) is 5. The Bertz CT molecular complexity index is 817. The van der Waals surface area contributed by atoms with E-state index in [1.165, 1.54) is 6.33 Å². The van der Waals surface area contributed by atoms with Crippen LogP contribution in [0.5, 0.6) is 5.75 Å². The van der Waals surface area contributed by atoms with Crippen molar-refractivity contribution >= 4 is 23.2 Å². The van der Waals surface area contributed by atoms with Crippen molar-refractivity contribution in [2.75, 3.05) is 19.1 Å². The van der Waals surface area contributed by atoms with Gasteiger partial charge in [-0.05, 0) is 25.1 Å². The van der Waals surface area contributed by atoms with Crippen molar-refractivity contribution in [3.63, 3.8) is 0 Å². The first-order valence-electron chi connectivity index (χ1n) is 6.79. The number of rotatable bonds is 4. The summed E-state index contributed by atoms with van der Waals surface area (Å²) in [5.74, 6) is 2.29. The summed E-state index contributed by atoms with van der Waals surface area (Å²) in [4.78, 5) is 10.6. The molecule has 0 atom stereocenters. The molecule has 0 saturated heterocycles. The first kappa shape index (κ1) is 14.6. The predicted molar refractivity (Wildman–Crippen MR) is 85.6 cm³/mol. The summed E-state index contributed by atoms with van der Waals surface area (Å²) in [7, 11) is 3.63. The zero-order valence-corrected chi connectivity index (χ0v) is 13.4. The smallest absolute Gasteiger partial charge is 0.254 e. The maximum absolute atomic E-state index is 6.09. The van der Waals surface area contributed by atoms with Gasteiger partial charge in [-0.15, -0.1) is 0 Å². The second-order valence-electron chi connectivity index (χ2n) is 5.04. The molecule has 114 valence electrons. The van der Waals surface area contributed by atoms with Gasteiger partial charge in [0.1, 0.15) is 17.9 Å². The lowest BCUT2D eigenvalue weighted by Crippen LogP contribution is -2.20. The molecule has 2 heterocycles. The molecule has 3 aromatic rings. The van der Waals surface area contributed by atoms with Crippen LogP contribution in [0.4, 0.5) is 5.82 Å². The number of anilines is 1. The molecule has 6 nitrogen and oxygen atoms in total. The molecule has 0 bridgehead atoms. The van der Waals surface area contributed by atoms with Crippen LogP contribution in [-0.2, 0) is 6.54 Å². The average molecular weight is 318 g/mol. The highest BCUT2D eigenvalue weighted by Crippen LogP contribution is 2.25. The molecule has 0 amide bonds. The van der Waals surface area contributed by atoms with E-state index in [2.05, 4.69) is 20.0 Å². The van der Waals surface area contributed by atoms with Gasteiger partial charge in [0.05, 0.1) is 7.11 Å². The monoisotopic (exact) mass is 317 g/mol.